The van der Waals surface area contributed by atoms with Crippen LogP contribution in [0.25, 0.3) is 0 Å². The number of hydrogen-bond acceptors (Lipinski definition) is 4. The van der Waals surface area contributed by atoms with Gasteiger partial charge in [0.15, 0.2) is 0 Å². The minimum atomic E-state index is -0.523. The normalized spacial score (nSPS) is 19.1. The number of carbonyl (C=O) groups is 1. The summed E-state index contributed by atoms with van der Waals surface area (Å²) in [6.45, 7) is 0.825. The first-order valence-electron chi connectivity index (χ1n) is 6.56. The van der Waals surface area contributed by atoms with Crippen LogP contribution < -0.4 is 10.6 Å². The van der Waals surface area contributed by atoms with Crippen LogP contribution in [0.5, 0.6) is 0 Å². The first kappa shape index (κ1) is 14.7. The Hall–Kier alpha value is -1.66. The van der Waals surface area contributed by atoms with E-state index in [-0.39, 0.29) is 22.7 Å². The molecule has 0 bridgehead atoms. The fourth-order valence-electron chi connectivity index (χ4n) is 2.19. The van der Waals surface area contributed by atoms with Gasteiger partial charge in [0.1, 0.15) is 0 Å². The second-order valence-corrected chi connectivity index (χ2v) is 5.17. The Labute approximate surface area is 121 Å². The van der Waals surface area contributed by atoms with E-state index in [1.807, 2.05) is 0 Å². The fourth-order valence-corrected chi connectivity index (χ4v) is 2.41. The lowest BCUT2D eigenvalue weighted by Gasteiger charge is -2.16. The van der Waals surface area contributed by atoms with Crippen LogP contribution in [-0.2, 0) is 4.79 Å². The SMILES string of the molecule is O=C(Nc1ccc([N+](=O)[O-])cc1Cl)C1CCCCCN1. The maximum atomic E-state index is 12.1. The molecule has 20 heavy (non-hydrogen) atoms. The third-order valence-electron chi connectivity index (χ3n) is 3.30. The average Bonchev–Trinajstić information content (AvgIpc) is 2.69. The molecule has 0 aliphatic carbocycles. The number of nitrogens with one attached hydrogen (secondary N) is 2. The molecule has 1 aromatic carbocycles. The summed E-state index contributed by atoms with van der Waals surface area (Å²) in [6.07, 6.45) is 3.99. The molecule has 1 aliphatic rings. The largest absolute Gasteiger partial charge is 0.323 e. The number of nitro benzene ring substituents is 1. The molecule has 2 N–H and O–H groups in total. The second kappa shape index (κ2) is 6.67. The molecule has 1 heterocycles. The van der Waals surface area contributed by atoms with Crippen LogP contribution in [0, 0.1) is 10.1 Å². The number of rotatable bonds is 3. The number of amides is 1. The van der Waals surface area contributed by atoms with Crippen LogP contribution >= 0.6 is 11.6 Å². The summed E-state index contributed by atoms with van der Waals surface area (Å²) in [5, 5.41) is 16.7. The molecule has 0 aromatic heterocycles. The highest BCUT2D eigenvalue weighted by Crippen LogP contribution is 2.27. The zero-order chi connectivity index (χ0) is 14.5. The topological polar surface area (TPSA) is 84.3 Å². The number of hydrogen-bond donors (Lipinski definition) is 2. The Balaban J connectivity index is 2.05. The highest BCUT2D eigenvalue weighted by atomic mass is 35.5. The maximum absolute atomic E-state index is 12.1. The van der Waals surface area contributed by atoms with Crippen molar-refractivity contribution in [3.8, 4) is 0 Å². The molecule has 1 aliphatic heterocycles. The Kier molecular flexibility index (Phi) is 4.92. The second-order valence-electron chi connectivity index (χ2n) is 4.77. The van der Waals surface area contributed by atoms with Gasteiger partial charge < -0.3 is 10.6 Å². The minimum Gasteiger partial charge on any atom is -0.323 e. The van der Waals surface area contributed by atoms with Crippen molar-refractivity contribution in [2.45, 2.75) is 31.7 Å². The summed E-state index contributed by atoms with van der Waals surface area (Å²) < 4.78 is 0. The third kappa shape index (κ3) is 3.68. The first-order chi connectivity index (χ1) is 9.58. The average molecular weight is 298 g/mol. The van der Waals surface area contributed by atoms with E-state index in [9.17, 15) is 14.9 Å². The van der Waals surface area contributed by atoms with E-state index in [0.717, 1.165) is 32.2 Å². The van der Waals surface area contributed by atoms with Gasteiger partial charge in [-0.3, -0.25) is 14.9 Å². The van der Waals surface area contributed by atoms with Crippen molar-refractivity contribution in [1.82, 2.24) is 5.32 Å². The van der Waals surface area contributed by atoms with Crippen molar-refractivity contribution in [1.29, 1.82) is 0 Å². The van der Waals surface area contributed by atoms with Crippen LogP contribution in [0.15, 0.2) is 18.2 Å². The summed E-state index contributed by atoms with van der Waals surface area (Å²) in [7, 11) is 0. The van der Waals surface area contributed by atoms with Gasteiger partial charge in [0, 0.05) is 12.1 Å². The summed E-state index contributed by atoms with van der Waals surface area (Å²) in [6, 6.07) is 3.78. The van der Waals surface area contributed by atoms with Crippen molar-refractivity contribution < 1.29 is 9.72 Å². The lowest BCUT2D eigenvalue weighted by molar-refractivity contribution is -0.384. The number of halogens is 1. The van der Waals surface area contributed by atoms with E-state index in [1.54, 1.807) is 0 Å². The smallest absolute Gasteiger partial charge is 0.271 e. The highest BCUT2D eigenvalue weighted by Gasteiger charge is 2.20. The van der Waals surface area contributed by atoms with Crippen molar-refractivity contribution >= 4 is 28.9 Å². The number of nitro groups is 1. The molecular formula is C13H16ClN3O3. The van der Waals surface area contributed by atoms with Gasteiger partial charge in [-0.2, -0.15) is 0 Å². The van der Waals surface area contributed by atoms with Gasteiger partial charge in [-0.05, 0) is 25.5 Å². The van der Waals surface area contributed by atoms with Gasteiger partial charge in [-0.15, -0.1) is 0 Å². The Morgan fingerprint density at radius 3 is 2.90 bits per heavy atom. The molecule has 1 unspecified atom stereocenters. The van der Waals surface area contributed by atoms with Crippen molar-refractivity contribution in [3.05, 3.63) is 33.3 Å². The van der Waals surface area contributed by atoms with Crippen LogP contribution in [0.4, 0.5) is 11.4 Å². The number of nitrogens with zero attached hydrogens (tertiary/aromatic N) is 1. The summed E-state index contributed by atoms with van der Waals surface area (Å²) in [4.78, 5) is 22.2. The lowest BCUT2D eigenvalue weighted by Crippen LogP contribution is -2.39. The van der Waals surface area contributed by atoms with E-state index >= 15 is 0 Å². The summed E-state index contributed by atoms with van der Waals surface area (Å²) in [5.74, 6) is -0.150. The van der Waals surface area contributed by atoms with Crippen molar-refractivity contribution in [2.24, 2.45) is 0 Å². The minimum absolute atomic E-state index is 0.0967. The van der Waals surface area contributed by atoms with Crippen molar-refractivity contribution in [2.75, 3.05) is 11.9 Å². The number of benzene rings is 1. The molecule has 7 heteroatoms. The van der Waals surface area contributed by atoms with E-state index in [4.69, 9.17) is 11.6 Å². The number of carbonyl (C=O) groups excluding carboxylic acids is 1. The predicted molar refractivity (Wildman–Crippen MR) is 77.0 cm³/mol. The molecular weight excluding hydrogens is 282 g/mol. The third-order valence-corrected chi connectivity index (χ3v) is 3.61. The van der Waals surface area contributed by atoms with Crippen molar-refractivity contribution in [3.63, 3.8) is 0 Å². The van der Waals surface area contributed by atoms with Gasteiger partial charge in [0.05, 0.1) is 21.7 Å². The predicted octanol–water partition coefficient (Wildman–Crippen LogP) is 2.72. The van der Waals surface area contributed by atoms with Gasteiger partial charge in [0.2, 0.25) is 5.91 Å². The molecule has 1 saturated heterocycles. The molecule has 1 amide bonds. The van der Waals surface area contributed by atoms with Crippen LogP contribution in [0.3, 0.4) is 0 Å². The zero-order valence-corrected chi connectivity index (χ0v) is 11.7. The van der Waals surface area contributed by atoms with E-state index in [1.165, 1.54) is 18.2 Å². The molecule has 1 aromatic rings. The molecule has 6 nitrogen and oxygen atoms in total. The van der Waals surface area contributed by atoms with E-state index in [0.29, 0.717) is 5.69 Å². The Bertz CT molecular complexity index is 514. The van der Waals surface area contributed by atoms with E-state index < -0.39 is 4.92 Å². The van der Waals surface area contributed by atoms with Crippen LogP contribution in [0.2, 0.25) is 5.02 Å². The molecule has 2 rings (SSSR count). The van der Waals surface area contributed by atoms with Gasteiger partial charge in [0.25, 0.3) is 5.69 Å². The quantitative estimate of drug-likeness (QED) is 0.663. The molecule has 1 atom stereocenters. The van der Waals surface area contributed by atoms with Gasteiger partial charge in [-0.1, -0.05) is 24.4 Å². The van der Waals surface area contributed by atoms with Gasteiger partial charge in [-0.25, -0.2) is 0 Å². The van der Waals surface area contributed by atoms with Gasteiger partial charge >= 0.3 is 0 Å². The zero-order valence-electron chi connectivity index (χ0n) is 10.9. The molecule has 0 spiro atoms. The lowest BCUT2D eigenvalue weighted by atomic mass is 10.1. The molecule has 1 fully saturated rings. The van der Waals surface area contributed by atoms with Crippen LogP contribution in [0.1, 0.15) is 25.7 Å². The maximum Gasteiger partial charge on any atom is 0.271 e. The van der Waals surface area contributed by atoms with Crippen LogP contribution in [-0.4, -0.2) is 23.4 Å². The number of anilines is 1. The fraction of sp³-hybridized carbons (Fsp3) is 0.462. The molecule has 0 radical (unpaired) electrons. The first-order valence-corrected chi connectivity index (χ1v) is 6.94. The number of non-ortho nitro benzene ring substituents is 1. The summed E-state index contributed by atoms with van der Waals surface area (Å²) in [5.41, 5.74) is 0.300. The summed E-state index contributed by atoms with van der Waals surface area (Å²) >= 11 is 5.95. The molecule has 0 saturated carbocycles. The molecule has 108 valence electrons. The van der Waals surface area contributed by atoms with E-state index in [2.05, 4.69) is 10.6 Å². The standard InChI is InChI=1S/C13H16ClN3O3/c14-10-8-9(17(19)20)5-6-11(10)16-13(18)12-4-2-1-3-7-15-12/h5-6,8,12,15H,1-4,7H2,(H,16,18). The highest BCUT2D eigenvalue weighted by molar-refractivity contribution is 6.34. The Morgan fingerprint density at radius 2 is 2.20 bits per heavy atom. The Morgan fingerprint density at radius 1 is 1.40 bits per heavy atom. The monoisotopic (exact) mass is 297 g/mol.